The first kappa shape index (κ1) is 16.1. The van der Waals surface area contributed by atoms with Crippen LogP contribution in [-0.2, 0) is 18.1 Å². The van der Waals surface area contributed by atoms with E-state index in [2.05, 4.69) is 0 Å². The second-order valence-corrected chi connectivity index (χ2v) is 5.38. The maximum Gasteiger partial charge on any atom is 0.352 e. The first-order valence-corrected chi connectivity index (χ1v) is 7.80. The molecule has 0 saturated carbocycles. The Morgan fingerprint density at radius 3 is 2.62 bits per heavy atom. The number of nitrogens with zero attached hydrogens (tertiary/aromatic N) is 1. The van der Waals surface area contributed by atoms with Crippen LogP contribution in [0.4, 0.5) is 0 Å². The molecule has 0 amide bonds. The Balaban J connectivity index is 1.89. The Bertz CT molecular complexity index is 839. The van der Waals surface area contributed by atoms with Gasteiger partial charge < -0.3 is 19.1 Å². The summed E-state index contributed by atoms with van der Waals surface area (Å²) >= 11 is 0. The molecule has 0 fully saturated rings. The van der Waals surface area contributed by atoms with Crippen molar-refractivity contribution in [2.75, 3.05) is 6.61 Å². The monoisotopic (exact) mass is 325 g/mol. The minimum absolute atomic E-state index is 0.198. The molecule has 124 valence electrons. The number of hydrogen-bond donors (Lipinski definition) is 1. The Hall–Kier alpha value is -2.79. The highest BCUT2D eigenvalue weighted by atomic mass is 16.5. The van der Waals surface area contributed by atoms with Crippen molar-refractivity contribution in [1.29, 1.82) is 0 Å². The molecule has 1 aromatic heterocycles. The lowest BCUT2D eigenvalue weighted by molar-refractivity contribution is 0.0631. The lowest BCUT2D eigenvalue weighted by Crippen LogP contribution is -2.10. The average molecular weight is 325 g/mol. The summed E-state index contributed by atoms with van der Waals surface area (Å²) in [5.41, 5.74) is 2.07. The second-order valence-electron chi connectivity index (χ2n) is 5.38. The molecular formula is C19H19NO4. The molecule has 0 radical (unpaired) electrons. The highest BCUT2D eigenvalue weighted by molar-refractivity contribution is 5.95. The summed E-state index contributed by atoms with van der Waals surface area (Å²) in [7, 11) is 0. The normalized spacial score (nSPS) is 10.9. The maximum atomic E-state index is 11.4. The molecule has 3 aromatic rings. The standard InChI is InChI=1S/C19H19NO4/c1-2-23-13-20-17-11-16(24-12-14-6-4-3-5-7-14)9-8-15(17)10-18(20)19(21)22/h3-11H,2,12-13H2,1H3,(H,21,22). The van der Waals surface area contributed by atoms with Gasteiger partial charge in [0.1, 0.15) is 24.8 Å². The number of aromatic nitrogens is 1. The number of carbonyl (C=O) groups is 1. The number of carboxylic acid groups (broad SMARTS) is 1. The van der Waals surface area contributed by atoms with Gasteiger partial charge in [-0.2, -0.15) is 0 Å². The number of ether oxygens (including phenoxy) is 2. The van der Waals surface area contributed by atoms with Gasteiger partial charge in [-0.05, 0) is 30.7 Å². The van der Waals surface area contributed by atoms with Crippen LogP contribution in [0.25, 0.3) is 10.9 Å². The van der Waals surface area contributed by atoms with Crippen LogP contribution in [0.15, 0.2) is 54.6 Å². The van der Waals surface area contributed by atoms with E-state index in [0.29, 0.717) is 19.0 Å². The van der Waals surface area contributed by atoms with Crippen LogP contribution < -0.4 is 4.74 Å². The molecule has 5 nitrogen and oxygen atoms in total. The Morgan fingerprint density at radius 1 is 1.12 bits per heavy atom. The smallest absolute Gasteiger partial charge is 0.352 e. The summed E-state index contributed by atoms with van der Waals surface area (Å²) in [6.07, 6.45) is 0. The summed E-state index contributed by atoms with van der Waals surface area (Å²) in [4.78, 5) is 11.4. The fourth-order valence-electron chi connectivity index (χ4n) is 2.56. The quantitative estimate of drug-likeness (QED) is 0.715. The van der Waals surface area contributed by atoms with Gasteiger partial charge in [0.15, 0.2) is 0 Å². The first-order valence-electron chi connectivity index (χ1n) is 7.80. The molecule has 0 aliphatic carbocycles. The van der Waals surface area contributed by atoms with Crippen molar-refractivity contribution in [2.45, 2.75) is 20.3 Å². The van der Waals surface area contributed by atoms with Gasteiger partial charge >= 0.3 is 5.97 Å². The van der Waals surface area contributed by atoms with Gasteiger partial charge in [-0.3, -0.25) is 0 Å². The predicted octanol–water partition coefficient (Wildman–Crippen LogP) is 3.91. The van der Waals surface area contributed by atoms with E-state index in [0.717, 1.165) is 16.5 Å². The number of aromatic carboxylic acids is 1. The van der Waals surface area contributed by atoms with E-state index < -0.39 is 5.97 Å². The van der Waals surface area contributed by atoms with Gasteiger partial charge in [-0.25, -0.2) is 4.79 Å². The van der Waals surface area contributed by atoms with Crippen LogP contribution in [-0.4, -0.2) is 22.2 Å². The van der Waals surface area contributed by atoms with E-state index in [-0.39, 0.29) is 12.4 Å². The first-order chi connectivity index (χ1) is 11.7. The van der Waals surface area contributed by atoms with Gasteiger partial charge in [-0.1, -0.05) is 30.3 Å². The van der Waals surface area contributed by atoms with Gasteiger partial charge in [0.2, 0.25) is 0 Å². The summed E-state index contributed by atoms with van der Waals surface area (Å²) in [6, 6.07) is 17.1. The van der Waals surface area contributed by atoms with E-state index in [4.69, 9.17) is 9.47 Å². The maximum absolute atomic E-state index is 11.4. The second kappa shape index (κ2) is 7.19. The topological polar surface area (TPSA) is 60.7 Å². The highest BCUT2D eigenvalue weighted by Crippen LogP contribution is 2.25. The highest BCUT2D eigenvalue weighted by Gasteiger charge is 2.15. The number of carboxylic acids is 1. The van der Waals surface area contributed by atoms with Gasteiger partial charge in [0.05, 0.1) is 5.52 Å². The van der Waals surface area contributed by atoms with Crippen LogP contribution in [0.3, 0.4) is 0 Å². The Morgan fingerprint density at radius 2 is 1.92 bits per heavy atom. The molecule has 0 atom stereocenters. The van der Waals surface area contributed by atoms with Crippen molar-refractivity contribution < 1.29 is 19.4 Å². The average Bonchev–Trinajstić information content (AvgIpc) is 2.97. The molecule has 0 saturated heterocycles. The van der Waals surface area contributed by atoms with Crippen LogP contribution >= 0.6 is 0 Å². The van der Waals surface area contributed by atoms with Crippen LogP contribution in [0.5, 0.6) is 5.75 Å². The third-order valence-corrected chi connectivity index (χ3v) is 3.77. The van der Waals surface area contributed by atoms with Crippen molar-refractivity contribution in [3.8, 4) is 5.75 Å². The molecule has 3 rings (SSSR count). The Kier molecular flexibility index (Phi) is 4.82. The third-order valence-electron chi connectivity index (χ3n) is 3.77. The SMILES string of the molecule is CCOCn1c(C(=O)O)cc2ccc(OCc3ccccc3)cc21. The number of fused-ring (bicyclic) bond motifs is 1. The molecule has 24 heavy (non-hydrogen) atoms. The van der Waals surface area contributed by atoms with E-state index in [1.807, 2.05) is 55.5 Å². The summed E-state index contributed by atoms with van der Waals surface area (Å²) in [5.74, 6) is -0.281. The number of rotatable bonds is 7. The van der Waals surface area contributed by atoms with Crippen molar-refractivity contribution in [2.24, 2.45) is 0 Å². The molecule has 0 aliphatic heterocycles. The predicted molar refractivity (Wildman–Crippen MR) is 91.3 cm³/mol. The Labute approximate surface area is 140 Å². The van der Waals surface area contributed by atoms with Crippen LogP contribution in [0, 0.1) is 0 Å². The van der Waals surface area contributed by atoms with E-state index >= 15 is 0 Å². The zero-order valence-electron chi connectivity index (χ0n) is 13.4. The van der Waals surface area contributed by atoms with Crippen molar-refractivity contribution in [1.82, 2.24) is 4.57 Å². The van der Waals surface area contributed by atoms with E-state index in [1.54, 1.807) is 10.6 Å². The fourth-order valence-corrected chi connectivity index (χ4v) is 2.56. The molecular weight excluding hydrogens is 306 g/mol. The number of hydrogen-bond acceptors (Lipinski definition) is 3. The summed E-state index contributed by atoms with van der Waals surface area (Å²) < 4.78 is 12.9. The molecule has 5 heteroatoms. The van der Waals surface area contributed by atoms with Crippen LogP contribution in [0.2, 0.25) is 0 Å². The molecule has 0 bridgehead atoms. The lowest BCUT2D eigenvalue weighted by atomic mass is 10.2. The molecule has 1 N–H and O–H groups in total. The summed E-state index contributed by atoms with van der Waals surface area (Å²) in [5, 5.41) is 10.2. The van der Waals surface area contributed by atoms with Gasteiger partial charge in [0, 0.05) is 18.1 Å². The van der Waals surface area contributed by atoms with Gasteiger partial charge in [0.25, 0.3) is 0 Å². The van der Waals surface area contributed by atoms with Gasteiger partial charge in [-0.15, -0.1) is 0 Å². The molecule has 1 heterocycles. The largest absolute Gasteiger partial charge is 0.489 e. The molecule has 0 unspecified atom stereocenters. The fraction of sp³-hybridized carbons (Fsp3) is 0.211. The van der Waals surface area contributed by atoms with Crippen LogP contribution in [0.1, 0.15) is 23.0 Å². The van der Waals surface area contributed by atoms with E-state index in [1.165, 1.54) is 0 Å². The van der Waals surface area contributed by atoms with Crippen molar-refractivity contribution in [3.63, 3.8) is 0 Å². The third kappa shape index (κ3) is 3.41. The zero-order valence-corrected chi connectivity index (χ0v) is 13.4. The molecule has 0 spiro atoms. The number of benzene rings is 2. The van der Waals surface area contributed by atoms with Crippen molar-refractivity contribution >= 4 is 16.9 Å². The minimum Gasteiger partial charge on any atom is -0.489 e. The molecule has 2 aromatic carbocycles. The summed E-state index contributed by atoms with van der Waals surface area (Å²) in [6.45, 7) is 3.05. The molecule has 0 aliphatic rings. The zero-order chi connectivity index (χ0) is 16.9. The van der Waals surface area contributed by atoms with Crippen molar-refractivity contribution in [3.05, 3.63) is 65.9 Å². The van der Waals surface area contributed by atoms with E-state index in [9.17, 15) is 9.90 Å². The minimum atomic E-state index is -0.974. The lowest BCUT2D eigenvalue weighted by Gasteiger charge is -2.10.